The van der Waals surface area contributed by atoms with Gasteiger partial charge in [0, 0.05) is 18.9 Å². The monoisotopic (exact) mass is 274 g/mol. The lowest BCUT2D eigenvalue weighted by atomic mass is 9.90. The number of alkyl halides is 1. The standard InChI is InChI=1S/C11H19BrN2O/c1-13-9-5-2-3-6-10(9)14(11(13)15)8-4-7-12/h9-10H,2-8H2,1H3. The van der Waals surface area contributed by atoms with E-state index in [0.29, 0.717) is 12.1 Å². The fraction of sp³-hybridized carbons (Fsp3) is 0.909. The summed E-state index contributed by atoms with van der Waals surface area (Å²) in [5.74, 6) is 0. The summed E-state index contributed by atoms with van der Waals surface area (Å²) < 4.78 is 0. The van der Waals surface area contributed by atoms with E-state index in [9.17, 15) is 4.79 Å². The predicted octanol–water partition coefficient (Wildman–Crippen LogP) is 2.45. The van der Waals surface area contributed by atoms with Crippen LogP contribution in [0.15, 0.2) is 0 Å². The van der Waals surface area contributed by atoms with Crippen LogP contribution in [0.2, 0.25) is 0 Å². The van der Waals surface area contributed by atoms with Crippen LogP contribution in [0.5, 0.6) is 0 Å². The third-order valence-corrected chi connectivity index (χ3v) is 4.23. The van der Waals surface area contributed by atoms with Gasteiger partial charge in [-0.3, -0.25) is 0 Å². The highest BCUT2D eigenvalue weighted by atomic mass is 79.9. The zero-order valence-corrected chi connectivity index (χ0v) is 10.9. The first-order valence-corrected chi connectivity index (χ1v) is 6.97. The Morgan fingerprint density at radius 1 is 1.33 bits per heavy atom. The molecule has 2 atom stereocenters. The van der Waals surface area contributed by atoms with Crippen LogP contribution < -0.4 is 0 Å². The Hall–Kier alpha value is -0.250. The predicted molar refractivity (Wildman–Crippen MR) is 64.3 cm³/mol. The van der Waals surface area contributed by atoms with Gasteiger partial charge in [-0.25, -0.2) is 4.79 Å². The molecular formula is C11H19BrN2O. The van der Waals surface area contributed by atoms with Gasteiger partial charge in [-0.15, -0.1) is 0 Å². The maximum Gasteiger partial charge on any atom is 0.320 e. The van der Waals surface area contributed by atoms with Gasteiger partial charge in [0.05, 0.1) is 12.1 Å². The molecule has 1 heterocycles. The first kappa shape index (κ1) is 11.2. The van der Waals surface area contributed by atoms with Gasteiger partial charge in [-0.2, -0.15) is 0 Å². The molecule has 86 valence electrons. The second-order valence-corrected chi connectivity index (χ2v) is 5.34. The average molecular weight is 275 g/mol. The molecule has 2 aliphatic rings. The fourth-order valence-corrected chi connectivity index (χ4v) is 3.14. The Kier molecular flexibility index (Phi) is 3.54. The molecule has 3 nitrogen and oxygen atoms in total. The molecular weight excluding hydrogens is 256 g/mol. The van der Waals surface area contributed by atoms with E-state index < -0.39 is 0 Å². The third-order valence-electron chi connectivity index (χ3n) is 3.67. The van der Waals surface area contributed by atoms with Gasteiger partial charge >= 0.3 is 6.03 Å². The molecule has 0 aromatic carbocycles. The second-order valence-electron chi connectivity index (χ2n) is 4.55. The maximum absolute atomic E-state index is 12.0. The molecule has 2 unspecified atom stereocenters. The van der Waals surface area contributed by atoms with Crippen molar-refractivity contribution in [3.8, 4) is 0 Å². The van der Waals surface area contributed by atoms with E-state index in [0.717, 1.165) is 18.3 Å². The van der Waals surface area contributed by atoms with E-state index >= 15 is 0 Å². The number of urea groups is 1. The van der Waals surface area contributed by atoms with Crippen LogP contribution in [0.25, 0.3) is 0 Å². The summed E-state index contributed by atoms with van der Waals surface area (Å²) in [6, 6.07) is 1.23. The summed E-state index contributed by atoms with van der Waals surface area (Å²) in [6.07, 6.45) is 6.02. The molecule has 1 saturated heterocycles. The lowest BCUT2D eigenvalue weighted by molar-refractivity contribution is 0.189. The molecule has 1 aliphatic heterocycles. The molecule has 0 spiro atoms. The molecule has 0 aromatic rings. The maximum atomic E-state index is 12.0. The third kappa shape index (κ3) is 2.01. The van der Waals surface area contributed by atoms with Gasteiger partial charge in [-0.1, -0.05) is 28.8 Å². The lowest BCUT2D eigenvalue weighted by Gasteiger charge is -2.30. The average Bonchev–Trinajstić information content (AvgIpc) is 2.51. The summed E-state index contributed by atoms with van der Waals surface area (Å²) >= 11 is 3.43. The van der Waals surface area contributed by atoms with Crippen molar-refractivity contribution in [2.75, 3.05) is 18.9 Å². The minimum absolute atomic E-state index is 0.243. The summed E-state index contributed by atoms with van der Waals surface area (Å²) in [4.78, 5) is 16.1. The molecule has 0 N–H and O–H groups in total. The number of fused-ring (bicyclic) bond motifs is 1. The topological polar surface area (TPSA) is 23.6 Å². The quantitative estimate of drug-likeness (QED) is 0.726. The van der Waals surface area contributed by atoms with E-state index in [4.69, 9.17) is 0 Å². The van der Waals surface area contributed by atoms with E-state index in [-0.39, 0.29) is 6.03 Å². The van der Waals surface area contributed by atoms with Crippen molar-refractivity contribution in [2.24, 2.45) is 0 Å². The van der Waals surface area contributed by atoms with Crippen molar-refractivity contribution in [1.82, 2.24) is 9.80 Å². The van der Waals surface area contributed by atoms with Gasteiger partial charge in [0.25, 0.3) is 0 Å². The van der Waals surface area contributed by atoms with Crippen LogP contribution in [0, 0.1) is 0 Å². The highest BCUT2D eigenvalue weighted by Crippen LogP contribution is 2.32. The summed E-state index contributed by atoms with van der Waals surface area (Å²) in [6.45, 7) is 0.912. The lowest BCUT2D eigenvalue weighted by Crippen LogP contribution is -2.39. The Morgan fingerprint density at radius 2 is 2.00 bits per heavy atom. The number of carbonyl (C=O) groups excluding carboxylic acids is 1. The van der Waals surface area contributed by atoms with Crippen molar-refractivity contribution in [3.63, 3.8) is 0 Å². The van der Waals surface area contributed by atoms with Crippen LogP contribution >= 0.6 is 15.9 Å². The summed E-state index contributed by atoms with van der Waals surface area (Å²) in [7, 11) is 1.96. The van der Waals surface area contributed by atoms with E-state index in [1.165, 1.54) is 25.7 Å². The number of carbonyl (C=O) groups is 1. The number of nitrogens with zero attached hydrogens (tertiary/aromatic N) is 2. The minimum Gasteiger partial charge on any atom is -0.323 e. The zero-order valence-electron chi connectivity index (χ0n) is 9.29. The van der Waals surface area contributed by atoms with Crippen LogP contribution in [0.3, 0.4) is 0 Å². The first-order valence-electron chi connectivity index (χ1n) is 5.85. The number of hydrogen-bond acceptors (Lipinski definition) is 1. The van der Waals surface area contributed by atoms with Gasteiger partial charge in [-0.05, 0) is 19.3 Å². The van der Waals surface area contributed by atoms with Gasteiger partial charge in [0.15, 0.2) is 0 Å². The fourth-order valence-electron chi connectivity index (χ4n) is 2.88. The molecule has 1 saturated carbocycles. The largest absolute Gasteiger partial charge is 0.323 e. The minimum atomic E-state index is 0.243. The molecule has 2 rings (SSSR count). The number of rotatable bonds is 3. The van der Waals surface area contributed by atoms with Crippen molar-refractivity contribution >= 4 is 22.0 Å². The Bertz CT molecular complexity index is 247. The van der Waals surface area contributed by atoms with Crippen molar-refractivity contribution in [1.29, 1.82) is 0 Å². The van der Waals surface area contributed by atoms with Crippen LogP contribution in [-0.2, 0) is 0 Å². The van der Waals surface area contributed by atoms with Gasteiger partial charge < -0.3 is 9.80 Å². The number of amides is 2. The number of halogens is 1. The Labute approximate surface area is 99.9 Å². The zero-order chi connectivity index (χ0) is 10.8. The van der Waals surface area contributed by atoms with E-state index in [1.807, 2.05) is 11.9 Å². The molecule has 1 aliphatic carbocycles. The molecule has 4 heteroatoms. The highest BCUT2D eigenvalue weighted by Gasteiger charge is 2.43. The molecule has 15 heavy (non-hydrogen) atoms. The smallest absolute Gasteiger partial charge is 0.320 e. The summed E-state index contributed by atoms with van der Waals surface area (Å²) in [5, 5.41) is 0.984. The second kappa shape index (κ2) is 4.73. The van der Waals surface area contributed by atoms with Crippen molar-refractivity contribution in [2.45, 2.75) is 44.2 Å². The van der Waals surface area contributed by atoms with Crippen LogP contribution in [-0.4, -0.2) is 46.8 Å². The van der Waals surface area contributed by atoms with Crippen LogP contribution in [0.1, 0.15) is 32.1 Å². The molecule has 2 fully saturated rings. The SMILES string of the molecule is CN1C(=O)N(CCCBr)C2CCCCC21. The number of hydrogen-bond donors (Lipinski definition) is 0. The molecule has 0 bridgehead atoms. The molecule has 2 amide bonds. The Morgan fingerprint density at radius 3 is 2.67 bits per heavy atom. The van der Waals surface area contributed by atoms with Crippen molar-refractivity contribution in [3.05, 3.63) is 0 Å². The molecule has 0 aromatic heterocycles. The van der Waals surface area contributed by atoms with Gasteiger partial charge in [0.2, 0.25) is 0 Å². The first-order chi connectivity index (χ1) is 7.25. The normalized spacial score (nSPS) is 30.9. The number of likely N-dealkylation sites (N-methyl/N-ethyl adjacent to an activating group) is 1. The van der Waals surface area contributed by atoms with Gasteiger partial charge in [0.1, 0.15) is 0 Å². The summed E-state index contributed by atoms with van der Waals surface area (Å²) in [5.41, 5.74) is 0. The highest BCUT2D eigenvalue weighted by molar-refractivity contribution is 9.09. The molecule has 0 radical (unpaired) electrons. The van der Waals surface area contributed by atoms with E-state index in [1.54, 1.807) is 0 Å². The van der Waals surface area contributed by atoms with E-state index in [2.05, 4.69) is 20.8 Å². The Balaban J connectivity index is 2.05. The van der Waals surface area contributed by atoms with Crippen LogP contribution in [0.4, 0.5) is 4.79 Å². The van der Waals surface area contributed by atoms with Crippen molar-refractivity contribution < 1.29 is 4.79 Å².